The number of benzene rings is 2. The van der Waals surface area contributed by atoms with Gasteiger partial charge in [0.1, 0.15) is 10.6 Å². The van der Waals surface area contributed by atoms with Gasteiger partial charge < -0.3 is 9.84 Å². The topological polar surface area (TPSA) is 80.7 Å². The summed E-state index contributed by atoms with van der Waals surface area (Å²) in [5.74, 6) is -0.517. The number of sulfone groups is 1. The van der Waals surface area contributed by atoms with Crippen molar-refractivity contribution in [3.8, 4) is 5.75 Å². The molecule has 27 heavy (non-hydrogen) atoms. The second-order valence-corrected chi connectivity index (χ2v) is 9.21. The number of carbonyl (C=O) groups is 1. The van der Waals surface area contributed by atoms with Gasteiger partial charge >= 0.3 is 5.97 Å². The van der Waals surface area contributed by atoms with Gasteiger partial charge in [-0.1, -0.05) is 30.3 Å². The van der Waals surface area contributed by atoms with Crippen LogP contribution in [-0.2, 0) is 38.6 Å². The zero-order chi connectivity index (χ0) is 19.6. The molecule has 1 aliphatic rings. The summed E-state index contributed by atoms with van der Waals surface area (Å²) >= 11 is 0. The van der Waals surface area contributed by atoms with Gasteiger partial charge in [-0.2, -0.15) is 0 Å². The number of phenolic OH excluding ortho intramolecular Hbond substituents is 1. The molecule has 2 aromatic carbocycles. The Labute approximate surface area is 159 Å². The predicted octanol–water partition coefficient (Wildman–Crippen LogP) is 3.14. The molecular formula is C21H24O5S. The molecule has 2 aromatic rings. The first-order valence-corrected chi connectivity index (χ1v) is 10.6. The summed E-state index contributed by atoms with van der Waals surface area (Å²) in [7, 11) is -2.32. The molecule has 0 fully saturated rings. The molecule has 3 rings (SSSR count). The third kappa shape index (κ3) is 4.00. The molecule has 6 heteroatoms. The van der Waals surface area contributed by atoms with E-state index >= 15 is 0 Å². The summed E-state index contributed by atoms with van der Waals surface area (Å²) in [6.07, 6.45) is 2.65. The van der Waals surface area contributed by atoms with Crippen molar-refractivity contribution < 1.29 is 23.1 Å². The average Bonchev–Trinajstić information content (AvgIpc) is 2.83. The van der Waals surface area contributed by atoms with E-state index in [1.165, 1.54) is 13.2 Å². The predicted molar refractivity (Wildman–Crippen MR) is 103 cm³/mol. The van der Waals surface area contributed by atoms with Crippen molar-refractivity contribution in [1.82, 2.24) is 0 Å². The number of hydrogen-bond acceptors (Lipinski definition) is 5. The fourth-order valence-electron chi connectivity index (χ4n) is 3.77. The van der Waals surface area contributed by atoms with Crippen LogP contribution in [0.1, 0.15) is 35.1 Å². The Hall–Kier alpha value is -2.34. The Morgan fingerprint density at radius 1 is 1.22 bits per heavy atom. The monoisotopic (exact) mass is 388 g/mol. The lowest BCUT2D eigenvalue weighted by molar-refractivity contribution is -0.139. The van der Waals surface area contributed by atoms with Crippen molar-refractivity contribution in [3.63, 3.8) is 0 Å². The minimum Gasteiger partial charge on any atom is -0.507 e. The number of aromatic hydroxyl groups is 1. The number of rotatable bonds is 4. The van der Waals surface area contributed by atoms with E-state index in [0.717, 1.165) is 29.5 Å². The summed E-state index contributed by atoms with van der Waals surface area (Å²) < 4.78 is 31.3. The third-order valence-corrected chi connectivity index (χ3v) is 7.56. The zero-order valence-corrected chi connectivity index (χ0v) is 16.4. The zero-order valence-electron chi connectivity index (χ0n) is 15.6. The number of esters is 1. The van der Waals surface area contributed by atoms with E-state index in [2.05, 4.69) is 0 Å². The number of hydrogen-bond donors (Lipinski definition) is 1. The van der Waals surface area contributed by atoms with Crippen LogP contribution in [-0.4, -0.2) is 31.9 Å². The van der Waals surface area contributed by atoms with E-state index in [1.807, 2.05) is 18.2 Å². The van der Waals surface area contributed by atoms with Gasteiger partial charge in [-0.25, -0.2) is 8.42 Å². The molecular weight excluding hydrogens is 364 g/mol. The Bertz CT molecular complexity index is 942. The maximum Gasteiger partial charge on any atom is 0.309 e. The smallest absolute Gasteiger partial charge is 0.309 e. The Morgan fingerprint density at radius 2 is 2.00 bits per heavy atom. The first-order chi connectivity index (χ1) is 12.8. The molecule has 0 aliphatic heterocycles. The fourth-order valence-corrected chi connectivity index (χ4v) is 5.85. The van der Waals surface area contributed by atoms with E-state index in [1.54, 1.807) is 19.1 Å². The molecule has 0 spiro atoms. The minimum absolute atomic E-state index is 0.0316. The highest BCUT2D eigenvalue weighted by atomic mass is 32.2. The standard InChI is InChI=1S/C21H24O5S/c1-14-5-3-8-19(22)21(14)27(24,25)18-7-4-6-16-10-9-15(11-17(16)13-18)12-20(23)26-2/h3,5,8-11,18,22H,4,6-7,12-13H2,1-2H3. The number of phenols is 1. The van der Waals surface area contributed by atoms with Crippen molar-refractivity contribution in [2.45, 2.75) is 49.2 Å². The Morgan fingerprint density at radius 3 is 2.70 bits per heavy atom. The van der Waals surface area contributed by atoms with Gasteiger partial charge in [0.2, 0.25) is 0 Å². The molecule has 144 valence electrons. The number of carbonyl (C=O) groups excluding carboxylic acids is 1. The van der Waals surface area contributed by atoms with E-state index in [4.69, 9.17) is 4.74 Å². The second-order valence-electron chi connectivity index (χ2n) is 7.04. The molecule has 0 aromatic heterocycles. The lowest BCUT2D eigenvalue weighted by atomic mass is 9.99. The third-order valence-electron chi connectivity index (χ3n) is 5.18. The van der Waals surface area contributed by atoms with Crippen LogP contribution in [0.4, 0.5) is 0 Å². The van der Waals surface area contributed by atoms with Gasteiger partial charge in [0.05, 0.1) is 18.8 Å². The first-order valence-electron chi connectivity index (χ1n) is 9.03. The van der Waals surface area contributed by atoms with Crippen molar-refractivity contribution in [1.29, 1.82) is 0 Å². The van der Waals surface area contributed by atoms with Crippen LogP contribution in [0, 0.1) is 6.92 Å². The first kappa shape index (κ1) is 19.4. The van der Waals surface area contributed by atoms with Crippen molar-refractivity contribution in [2.75, 3.05) is 7.11 Å². The van der Waals surface area contributed by atoms with Crippen molar-refractivity contribution >= 4 is 15.8 Å². The van der Waals surface area contributed by atoms with Crippen LogP contribution in [0.25, 0.3) is 0 Å². The van der Waals surface area contributed by atoms with Gasteiger partial charge in [0, 0.05) is 0 Å². The quantitative estimate of drug-likeness (QED) is 0.643. The van der Waals surface area contributed by atoms with E-state index in [0.29, 0.717) is 18.4 Å². The second kappa shape index (κ2) is 7.72. The molecule has 5 nitrogen and oxygen atoms in total. The van der Waals surface area contributed by atoms with Crippen molar-refractivity contribution in [2.24, 2.45) is 0 Å². The molecule has 0 saturated carbocycles. The molecule has 0 radical (unpaired) electrons. The van der Waals surface area contributed by atoms with Crippen LogP contribution in [0.15, 0.2) is 41.3 Å². The minimum atomic E-state index is -3.67. The Balaban J connectivity index is 1.96. The van der Waals surface area contributed by atoms with Gasteiger partial charge in [0.15, 0.2) is 9.84 Å². The number of ether oxygens (including phenoxy) is 1. The molecule has 1 unspecified atom stereocenters. The van der Waals surface area contributed by atoms with E-state index < -0.39 is 15.1 Å². The van der Waals surface area contributed by atoms with Crippen molar-refractivity contribution in [3.05, 3.63) is 58.7 Å². The summed E-state index contributed by atoms with van der Waals surface area (Å²) in [5, 5.41) is 9.57. The molecule has 0 saturated heterocycles. The number of methoxy groups -OCH3 is 1. The van der Waals surface area contributed by atoms with Gasteiger partial charge in [0.25, 0.3) is 0 Å². The molecule has 1 aliphatic carbocycles. The maximum absolute atomic E-state index is 13.3. The summed E-state index contributed by atoms with van der Waals surface area (Å²) in [6, 6.07) is 10.6. The van der Waals surface area contributed by atoms with Gasteiger partial charge in [-0.3, -0.25) is 4.79 Å². The highest BCUT2D eigenvalue weighted by molar-refractivity contribution is 7.92. The molecule has 0 amide bonds. The number of aryl methyl sites for hydroxylation is 2. The van der Waals surface area contributed by atoms with Gasteiger partial charge in [-0.05, 0) is 60.9 Å². The molecule has 0 bridgehead atoms. The van der Waals surface area contributed by atoms with Crippen LogP contribution in [0.5, 0.6) is 5.75 Å². The van der Waals surface area contributed by atoms with Crippen LogP contribution < -0.4 is 0 Å². The number of fused-ring (bicyclic) bond motifs is 1. The van der Waals surface area contributed by atoms with E-state index in [9.17, 15) is 18.3 Å². The normalized spacial score (nSPS) is 17.0. The average molecular weight is 388 g/mol. The van der Waals surface area contributed by atoms with Crippen LogP contribution >= 0.6 is 0 Å². The summed E-state index contributed by atoms with van der Waals surface area (Å²) in [5.41, 5.74) is 3.45. The SMILES string of the molecule is COC(=O)Cc1ccc2c(c1)CC(S(=O)(=O)c1c(C)cccc1O)CCC2. The Kier molecular flexibility index (Phi) is 5.56. The maximum atomic E-state index is 13.3. The summed E-state index contributed by atoms with van der Waals surface area (Å²) in [6.45, 7) is 1.70. The van der Waals surface area contributed by atoms with Crippen LogP contribution in [0.3, 0.4) is 0 Å². The highest BCUT2D eigenvalue weighted by Gasteiger charge is 2.33. The summed E-state index contributed by atoms with van der Waals surface area (Å²) in [4.78, 5) is 11.6. The lowest BCUT2D eigenvalue weighted by Gasteiger charge is -2.18. The lowest BCUT2D eigenvalue weighted by Crippen LogP contribution is -2.24. The van der Waals surface area contributed by atoms with Crippen LogP contribution in [0.2, 0.25) is 0 Å². The largest absolute Gasteiger partial charge is 0.507 e. The highest BCUT2D eigenvalue weighted by Crippen LogP contribution is 2.34. The molecule has 1 N–H and O–H groups in total. The molecule has 1 atom stereocenters. The van der Waals surface area contributed by atoms with Gasteiger partial charge in [-0.15, -0.1) is 0 Å². The van der Waals surface area contributed by atoms with E-state index in [-0.39, 0.29) is 23.0 Å². The molecule has 0 heterocycles. The fraction of sp³-hybridized carbons (Fsp3) is 0.381.